The highest BCUT2D eigenvalue weighted by Gasteiger charge is 2.83. The molecule has 1 saturated heterocycles. The summed E-state index contributed by atoms with van der Waals surface area (Å²) in [7, 11) is 0. The number of hydrogen-bond acceptors (Lipinski definition) is 3. The van der Waals surface area contributed by atoms with Crippen LogP contribution in [0.1, 0.15) is 45.4 Å². The maximum absolute atomic E-state index is 14.9. The summed E-state index contributed by atoms with van der Waals surface area (Å²) in [4.78, 5) is 25.0. The van der Waals surface area contributed by atoms with E-state index < -0.39 is 46.4 Å². The number of carbonyl (C=O) groups excluding carboxylic acids is 1. The summed E-state index contributed by atoms with van der Waals surface area (Å²) in [5.74, 6) is -2.25. The van der Waals surface area contributed by atoms with Crippen molar-refractivity contribution in [3.05, 3.63) is 12.2 Å². The van der Waals surface area contributed by atoms with E-state index in [-0.39, 0.29) is 5.92 Å². The van der Waals surface area contributed by atoms with Crippen molar-refractivity contribution in [1.82, 2.24) is 0 Å². The molecule has 0 aromatic heterocycles. The molecule has 1 heterocycles. The number of fused-ring (bicyclic) bond motifs is 1. The van der Waals surface area contributed by atoms with Gasteiger partial charge < -0.3 is 9.84 Å². The molecule has 0 unspecified atom stereocenters. The zero-order valence-electron chi connectivity index (χ0n) is 13.9. The molecule has 0 radical (unpaired) electrons. The Bertz CT molecular complexity index is 689. The van der Waals surface area contributed by atoms with Gasteiger partial charge in [-0.3, -0.25) is 9.59 Å². The number of ether oxygens (including phenoxy) is 1. The third-order valence-corrected chi connectivity index (χ3v) is 8.40. The average molecular weight is 334 g/mol. The minimum atomic E-state index is -1.32. The van der Waals surface area contributed by atoms with Gasteiger partial charge in [-0.1, -0.05) is 12.2 Å². The quantitative estimate of drug-likeness (QED) is 0.591. The van der Waals surface area contributed by atoms with Gasteiger partial charge in [-0.2, -0.15) is 0 Å². The normalized spacial score (nSPS) is 57.5. The lowest BCUT2D eigenvalue weighted by Gasteiger charge is -2.44. The van der Waals surface area contributed by atoms with Crippen LogP contribution in [0.2, 0.25) is 0 Å². The van der Waals surface area contributed by atoms with E-state index in [0.29, 0.717) is 25.2 Å². The highest BCUT2D eigenvalue weighted by Crippen LogP contribution is 2.78. The molecule has 24 heavy (non-hydrogen) atoms. The molecule has 8 atom stereocenters. The van der Waals surface area contributed by atoms with E-state index in [1.807, 2.05) is 0 Å². The topological polar surface area (TPSA) is 63.6 Å². The van der Waals surface area contributed by atoms with E-state index >= 15 is 0 Å². The van der Waals surface area contributed by atoms with Crippen LogP contribution in [-0.4, -0.2) is 28.8 Å². The van der Waals surface area contributed by atoms with E-state index in [9.17, 15) is 19.1 Å². The van der Waals surface area contributed by atoms with Crippen LogP contribution in [0, 0.1) is 34.5 Å². The van der Waals surface area contributed by atoms with Gasteiger partial charge in [-0.05, 0) is 56.8 Å². The lowest BCUT2D eigenvalue weighted by atomic mass is 9.59. The molecule has 5 aliphatic rings. The van der Waals surface area contributed by atoms with Gasteiger partial charge >= 0.3 is 11.9 Å². The van der Waals surface area contributed by atoms with Gasteiger partial charge in [0.2, 0.25) is 0 Å². The largest absolute Gasteiger partial charge is 0.481 e. The number of halogens is 1. The van der Waals surface area contributed by atoms with Crippen LogP contribution in [0.25, 0.3) is 0 Å². The first-order chi connectivity index (χ1) is 11.3. The van der Waals surface area contributed by atoms with Gasteiger partial charge in [-0.15, -0.1) is 0 Å². The summed E-state index contributed by atoms with van der Waals surface area (Å²) in [5.41, 5.74) is -1.34. The maximum atomic E-state index is 14.9. The molecule has 5 heteroatoms. The predicted molar refractivity (Wildman–Crippen MR) is 82.7 cm³/mol. The Morgan fingerprint density at radius 3 is 2.83 bits per heavy atom. The SMILES string of the molecule is C=C1C[C@]23C[C@H]1CC[C@H]2[C@@]12CC[C@H](F)[C@@](C)(C(=O)O1)[C@H]2[C@@H]3C(=O)O. The van der Waals surface area contributed by atoms with Gasteiger partial charge in [0.15, 0.2) is 0 Å². The van der Waals surface area contributed by atoms with E-state index in [2.05, 4.69) is 6.58 Å². The van der Waals surface area contributed by atoms with Crippen LogP contribution < -0.4 is 0 Å². The van der Waals surface area contributed by atoms with Crippen molar-refractivity contribution in [2.75, 3.05) is 0 Å². The summed E-state index contributed by atoms with van der Waals surface area (Å²) in [6.45, 7) is 5.80. The third kappa shape index (κ3) is 1.28. The van der Waals surface area contributed by atoms with E-state index in [0.717, 1.165) is 24.8 Å². The standard InChI is InChI=1S/C19H23FO4/c1-9-7-18-8-10(9)3-4-11(18)19-6-5-12(20)17(2,16(23)24-19)14(19)13(18)15(21)22/h10-14H,1,3-8H2,2H3,(H,21,22)/t10-,11-,12+,13-,14-,17-,18+,19-/m1/s1. The smallest absolute Gasteiger partial charge is 0.315 e. The first-order valence-corrected chi connectivity index (χ1v) is 9.05. The molecule has 4 saturated carbocycles. The van der Waals surface area contributed by atoms with Crippen molar-refractivity contribution in [1.29, 1.82) is 0 Å². The summed E-state index contributed by atoms with van der Waals surface area (Å²) < 4.78 is 20.8. The van der Waals surface area contributed by atoms with Crippen LogP contribution in [0.5, 0.6) is 0 Å². The second-order valence-corrected chi connectivity index (χ2v) is 9.03. The second kappa shape index (κ2) is 4.05. The van der Waals surface area contributed by atoms with Gasteiger partial charge in [0, 0.05) is 11.8 Å². The maximum Gasteiger partial charge on any atom is 0.315 e. The Kier molecular flexibility index (Phi) is 2.52. The zero-order chi connectivity index (χ0) is 17.1. The molecular weight excluding hydrogens is 311 g/mol. The Morgan fingerprint density at radius 1 is 1.38 bits per heavy atom. The number of esters is 1. The average Bonchev–Trinajstić information content (AvgIpc) is 2.98. The van der Waals surface area contributed by atoms with Gasteiger partial charge in [0.1, 0.15) is 17.2 Å². The highest BCUT2D eigenvalue weighted by molar-refractivity contribution is 5.85. The Labute approximate surface area is 140 Å². The van der Waals surface area contributed by atoms with Crippen molar-refractivity contribution in [3.63, 3.8) is 0 Å². The lowest BCUT2D eigenvalue weighted by molar-refractivity contribution is -0.161. The van der Waals surface area contributed by atoms with Crippen LogP contribution in [-0.2, 0) is 14.3 Å². The first kappa shape index (κ1) is 14.9. The van der Waals surface area contributed by atoms with Crippen LogP contribution in [0.3, 0.4) is 0 Å². The summed E-state index contributed by atoms with van der Waals surface area (Å²) in [6, 6.07) is 0. The molecule has 1 aliphatic heterocycles. The zero-order valence-corrected chi connectivity index (χ0v) is 13.9. The Morgan fingerprint density at radius 2 is 2.12 bits per heavy atom. The number of carbonyl (C=O) groups is 2. The predicted octanol–water partition coefficient (Wildman–Crippen LogP) is 3.11. The van der Waals surface area contributed by atoms with Gasteiger partial charge in [0.25, 0.3) is 0 Å². The van der Waals surface area contributed by atoms with Crippen molar-refractivity contribution in [2.24, 2.45) is 34.5 Å². The molecule has 0 aromatic carbocycles. The van der Waals surface area contributed by atoms with Crippen molar-refractivity contribution in [3.8, 4) is 0 Å². The minimum Gasteiger partial charge on any atom is -0.481 e. The molecule has 5 fully saturated rings. The third-order valence-electron chi connectivity index (χ3n) is 8.40. The Balaban J connectivity index is 1.76. The van der Waals surface area contributed by atoms with E-state index in [1.54, 1.807) is 6.92 Å². The Hall–Kier alpha value is -1.39. The molecule has 1 N–H and O–H groups in total. The number of aliphatic carboxylic acids is 1. The fraction of sp³-hybridized carbons (Fsp3) is 0.789. The lowest BCUT2D eigenvalue weighted by Crippen LogP contribution is -2.51. The summed E-state index contributed by atoms with van der Waals surface area (Å²) in [5, 5.41) is 10.1. The minimum absolute atomic E-state index is 0.0323. The number of hydrogen-bond donors (Lipinski definition) is 1. The van der Waals surface area contributed by atoms with Crippen molar-refractivity contribution < 1.29 is 23.8 Å². The number of allylic oxidation sites excluding steroid dienone is 1. The number of alkyl halides is 1. The number of carboxylic acids is 1. The van der Waals surface area contributed by atoms with Crippen molar-refractivity contribution in [2.45, 2.75) is 57.2 Å². The summed E-state index contributed by atoms with van der Waals surface area (Å²) in [6.07, 6.45) is 2.81. The molecule has 130 valence electrons. The summed E-state index contributed by atoms with van der Waals surface area (Å²) >= 11 is 0. The molecule has 4 bridgehead atoms. The number of carboxylic acid groups (broad SMARTS) is 1. The highest BCUT2D eigenvalue weighted by atomic mass is 19.1. The fourth-order valence-electron chi connectivity index (χ4n) is 7.63. The second-order valence-electron chi connectivity index (χ2n) is 9.03. The monoisotopic (exact) mass is 334 g/mol. The molecule has 4 nitrogen and oxygen atoms in total. The molecular formula is C19H23FO4. The van der Waals surface area contributed by atoms with Gasteiger partial charge in [-0.25, -0.2) is 4.39 Å². The van der Waals surface area contributed by atoms with Crippen LogP contribution >= 0.6 is 0 Å². The van der Waals surface area contributed by atoms with Crippen molar-refractivity contribution >= 4 is 11.9 Å². The molecule has 1 spiro atoms. The van der Waals surface area contributed by atoms with Gasteiger partial charge in [0.05, 0.1) is 5.92 Å². The molecule has 0 aromatic rings. The number of rotatable bonds is 1. The fourth-order valence-corrected chi connectivity index (χ4v) is 7.63. The molecule has 0 amide bonds. The van der Waals surface area contributed by atoms with E-state index in [4.69, 9.17) is 4.74 Å². The van der Waals surface area contributed by atoms with E-state index in [1.165, 1.54) is 0 Å². The van der Waals surface area contributed by atoms with Crippen LogP contribution in [0.4, 0.5) is 4.39 Å². The molecule has 5 rings (SSSR count). The first-order valence-electron chi connectivity index (χ1n) is 9.05. The molecule has 4 aliphatic carbocycles. The van der Waals surface area contributed by atoms with Crippen LogP contribution in [0.15, 0.2) is 12.2 Å².